The van der Waals surface area contributed by atoms with Gasteiger partial charge in [0.15, 0.2) is 11.5 Å². The molecule has 112 valence electrons. The topological polar surface area (TPSA) is 55.8 Å². The Morgan fingerprint density at radius 3 is 2.90 bits per heavy atom. The molecule has 1 N–H and O–H groups in total. The number of carbonyl (C=O) groups is 1. The molecule has 1 atom stereocenters. The third-order valence-corrected chi connectivity index (χ3v) is 4.01. The minimum atomic E-state index is -0.990. The first-order valence-corrected chi connectivity index (χ1v) is 7.52. The van der Waals surface area contributed by atoms with Crippen LogP contribution in [0.15, 0.2) is 34.8 Å². The molecule has 1 aliphatic rings. The third kappa shape index (κ3) is 4.11. The van der Waals surface area contributed by atoms with E-state index in [4.69, 9.17) is 14.6 Å². The molecule has 1 unspecified atom stereocenters. The summed E-state index contributed by atoms with van der Waals surface area (Å²) in [5.74, 6) is 0.227. The molecule has 1 aromatic rings. The summed E-state index contributed by atoms with van der Waals surface area (Å²) in [5.41, 5.74) is 0.730. The lowest BCUT2D eigenvalue weighted by Gasteiger charge is -2.21. The van der Waals surface area contributed by atoms with Gasteiger partial charge in [0.1, 0.15) is 6.10 Å². The van der Waals surface area contributed by atoms with Gasteiger partial charge >= 0.3 is 5.97 Å². The van der Waals surface area contributed by atoms with Crippen LogP contribution < -0.4 is 9.47 Å². The number of hydrogen-bond acceptors (Lipinski definition) is 3. The van der Waals surface area contributed by atoms with Gasteiger partial charge in [0.25, 0.3) is 0 Å². The maximum absolute atomic E-state index is 10.6. The monoisotopic (exact) mass is 352 g/mol. The van der Waals surface area contributed by atoms with Crippen LogP contribution in [0, 0.1) is 0 Å². The predicted molar refractivity (Wildman–Crippen MR) is 84.8 cm³/mol. The van der Waals surface area contributed by atoms with Crippen LogP contribution in [0.3, 0.4) is 0 Å². The Morgan fingerprint density at radius 1 is 1.48 bits per heavy atom. The Bertz CT molecular complexity index is 578. The molecule has 0 spiro atoms. The summed E-state index contributed by atoms with van der Waals surface area (Å²) in [5, 5.41) is 8.73. The number of methoxy groups -OCH3 is 1. The van der Waals surface area contributed by atoms with Gasteiger partial charge in [-0.15, -0.1) is 0 Å². The SMILES string of the molecule is COc1ccc(/C=C/C(=O)O)c(Br)c1OC1C=CCCC1. The van der Waals surface area contributed by atoms with Crippen molar-refractivity contribution in [1.82, 2.24) is 0 Å². The van der Waals surface area contributed by atoms with E-state index in [-0.39, 0.29) is 6.10 Å². The van der Waals surface area contributed by atoms with Crippen LogP contribution in [0.4, 0.5) is 0 Å². The summed E-state index contributed by atoms with van der Waals surface area (Å²) >= 11 is 3.48. The van der Waals surface area contributed by atoms with Gasteiger partial charge in [-0.2, -0.15) is 0 Å². The molecule has 0 saturated carbocycles. The number of ether oxygens (including phenoxy) is 2. The van der Waals surface area contributed by atoms with Crippen LogP contribution in [0.1, 0.15) is 24.8 Å². The zero-order valence-electron chi connectivity index (χ0n) is 11.7. The highest BCUT2D eigenvalue weighted by molar-refractivity contribution is 9.10. The smallest absolute Gasteiger partial charge is 0.328 e. The second-order valence-electron chi connectivity index (χ2n) is 4.69. The molecular weight excluding hydrogens is 336 g/mol. The molecule has 2 rings (SSSR count). The van der Waals surface area contributed by atoms with Crippen molar-refractivity contribution in [3.63, 3.8) is 0 Å². The molecule has 0 heterocycles. The van der Waals surface area contributed by atoms with Gasteiger partial charge in [-0.1, -0.05) is 6.08 Å². The predicted octanol–water partition coefficient (Wildman–Crippen LogP) is 4.04. The van der Waals surface area contributed by atoms with Gasteiger partial charge in [0.2, 0.25) is 0 Å². The molecule has 4 nitrogen and oxygen atoms in total. The molecule has 0 aliphatic heterocycles. The highest BCUT2D eigenvalue weighted by Crippen LogP contribution is 2.39. The molecule has 0 aromatic heterocycles. The quantitative estimate of drug-likeness (QED) is 0.641. The fraction of sp³-hybridized carbons (Fsp3) is 0.312. The molecule has 0 bridgehead atoms. The molecule has 5 heteroatoms. The van der Waals surface area contributed by atoms with Crippen molar-refractivity contribution >= 4 is 28.0 Å². The lowest BCUT2D eigenvalue weighted by Crippen LogP contribution is -2.16. The van der Waals surface area contributed by atoms with E-state index >= 15 is 0 Å². The molecular formula is C16H17BrO4. The number of carboxylic acid groups (broad SMARTS) is 1. The van der Waals surface area contributed by atoms with Crippen LogP contribution >= 0.6 is 15.9 Å². The number of hydrogen-bond donors (Lipinski definition) is 1. The lowest BCUT2D eigenvalue weighted by atomic mass is 10.1. The lowest BCUT2D eigenvalue weighted by molar-refractivity contribution is -0.131. The fourth-order valence-electron chi connectivity index (χ4n) is 2.14. The van der Waals surface area contributed by atoms with Crippen LogP contribution in [-0.2, 0) is 4.79 Å². The van der Waals surface area contributed by atoms with Crippen molar-refractivity contribution < 1.29 is 19.4 Å². The van der Waals surface area contributed by atoms with Crippen molar-refractivity contribution in [1.29, 1.82) is 0 Å². The molecule has 0 saturated heterocycles. The van der Waals surface area contributed by atoms with E-state index in [2.05, 4.69) is 28.1 Å². The number of aliphatic carboxylic acids is 1. The molecule has 0 radical (unpaired) electrons. The van der Waals surface area contributed by atoms with Crippen LogP contribution in [0.25, 0.3) is 6.08 Å². The summed E-state index contributed by atoms with van der Waals surface area (Å²) < 4.78 is 12.0. The van der Waals surface area contributed by atoms with Gasteiger partial charge in [0, 0.05) is 6.08 Å². The van der Waals surface area contributed by atoms with Crippen molar-refractivity contribution in [2.75, 3.05) is 7.11 Å². The van der Waals surface area contributed by atoms with Gasteiger partial charge in [-0.25, -0.2) is 4.79 Å². The van der Waals surface area contributed by atoms with E-state index in [1.54, 1.807) is 19.2 Å². The summed E-state index contributed by atoms with van der Waals surface area (Å²) in [6.07, 6.45) is 9.94. The Hall–Kier alpha value is -1.75. The Balaban J connectivity index is 2.32. The Morgan fingerprint density at radius 2 is 2.29 bits per heavy atom. The van der Waals surface area contributed by atoms with Gasteiger partial charge in [-0.05, 0) is 65.0 Å². The largest absolute Gasteiger partial charge is 0.493 e. The number of rotatable bonds is 5. The first-order valence-electron chi connectivity index (χ1n) is 6.72. The van der Waals surface area contributed by atoms with E-state index in [1.165, 1.54) is 6.08 Å². The zero-order chi connectivity index (χ0) is 15.2. The van der Waals surface area contributed by atoms with Crippen LogP contribution in [0.2, 0.25) is 0 Å². The van der Waals surface area contributed by atoms with Gasteiger partial charge < -0.3 is 14.6 Å². The highest BCUT2D eigenvalue weighted by Gasteiger charge is 2.17. The van der Waals surface area contributed by atoms with E-state index in [0.717, 1.165) is 30.9 Å². The summed E-state index contributed by atoms with van der Waals surface area (Å²) in [4.78, 5) is 10.6. The minimum absolute atomic E-state index is 0.0163. The first kappa shape index (κ1) is 15.6. The van der Waals surface area contributed by atoms with E-state index < -0.39 is 5.97 Å². The Kier molecular flexibility index (Phi) is 5.44. The highest BCUT2D eigenvalue weighted by atomic mass is 79.9. The Labute approximate surface area is 132 Å². The van der Waals surface area contributed by atoms with Crippen LogP contribution in [-0.4, -0.2) is 24.3 Å². The number of carboxylic acids is 1. The normalized spacial score (nSPS) is 17.9. The maximum atomic E-state index is 10.6. The third-order valence-electron chi connectivity index (χ3n) is 3.20. The molecule has 0 amide bonds. The van der Waals surface area contributed by atoms with Crippen molar-refractivity contribution in [2.24, 2.45) is 0 Å². The number of benzene rings is 1. The summed E-state index contributed by atoms with van der Waals surface area (Å²) in [6.45, 7) is 0. The summed E-state index contributed by atoms with van der Waals surface area (Å²) in [6, 6.07) is 3.56. The molecule has 0 fully saturated rings. The zero-order valence-corrected chi connectivity index (χ0v) is 13.3. The fourth-order valence-corrected chi connectivity index (χ4v) is 2.70. The number of allylic oxidation sites excluding steroid dienone is 1. The van der Waals surface area contributed by atoms with Crippen LogP contribution in [0.5, 0.6) is 11.5 Å². The average molecular weight is 353 g/mol. The standard InChI is InChI=1S/C16H17BrO4/c1-20-13-9-7-11(8-10-14(18)19)15(17)16(13)21-12-5-3-2-4-6-12/h3,5,7-10,12H,2,4,6H2,1H3,(H,18,19)/b10-8+. The van der Waals surface area contributed by atoms with E-state index in [1.807, 2.05) is 0 Å². The van der Waals surface area contributed by atoms with Crippen molar-refractivity contribution in [3.05, 3.63) is 40.4 Å². The molecule has 21 heavy (non-hydrogen) atoms. The minimum Gasteiger partial charge on any atom is -0.493 e. The summed E-state index contributed by atoms with van der Waals surface area (Å²) in [7, 11) is 1.58. The van der Waals surface area contributed by atoms with Crippen molar-refractivity contribution in [3.8, 4) is 11.5 Å². The molecule has 1 aliphatic carbocycles. The maximum Gasteiger partial charge on any atom is 0.328 e. The van der Waals surface area contributed by atoms with Gasteiger partial charge in [0.05, 0.1) is 11.6 Å². The molecule has 1 aromatic carbocycles. The van der Waals surface area contributed by atoms with E-state index in [9.17, 15) is 4.79 Å². The average Bonchev–Trinajstić information content (AvgIpc) is 2.49. The number of halogens is 1. The first-order chi connectivity index (χ1) is 10.1. The second kappa shape index (κ2) is 7.31. The van der Waals surface area contributed by atoms with Crippen molar-refractivity contribution in [2.45, 2.75) is 25.4 Å². The van der Waals surface area contributed by atoms with E-state index in [0.29, 0.717) is 16.0 Å². The second-order valence-corrected chi connectivity index (χ2v) is 5.48. The van der Waals surface area contributed by atoms with Gasteiger partial charge in [-0.3, -0.25) is 0 Å².